The molecule has 0 unspecified atom stereocenters. The maximum Gasteiger partial charge on any atom is 0.437 e. The van der Waals surface area contributed by atoms with Crippen LogP contribution in [0.3, 0.4) is 0 Å². The lowest BCUT2D eigenvalue weighted by Crippen LogP contribution is -2.41. The highest BCUT2D eigenvalue weighted by Gasteiger charge is 2.45. The molecule has 0 fully saturated rings. The maximum absolute atomic E-state index is 14.1. The molecule has 12 heteroatoms. The van der Waals surface area contributed by atoms with Crippen molar-refractivity contribution in [3.05, 3.63) is 71.2 Å². The summed E-state index contributed by atoms with van der Waals surface area (Å²) < 4.78 is 78.6. The Morgan fingerprint density at radius 2 is 2.00 bits per heavy atom. The average Bonchev–Trinajstić information content (AvgIpc) is 3.49. The van der Waals surface area contributed by atoms with Gasteiger partial charge in [0.15, 0.2) is 12.1 Å². The number of nitrogens with zero attached hydrogens (tertiary/aromatic N) is 3. The lowest BCUT2D eigenvalue weighted by molar-refractivity contribution is -0.141. The molecule has 1 aromatic carbocycles. The van der Waals surface area contributed by atoms with Gasteiger partial charge in [0.2, 0.25) is 5.76 Å². The van der Waals surface area contributed by atoms with E-state index in [4.69, 9.17) is 8.83 Å². The summed E-state index contributed by atoms with van der Waals surface area (Å²) in [6.07, 6.45) is -5.84. The highest BCUT2D eigenvalue weighted by molar-refractivity contribution is 5.93. The van der Waals surface area contributed by atoms with Gasteiger partial charge in [-0.3, -0.25) is 4.79 Å². The van der Waals surface area contributed by atoms with Gasteiger partial charge in [0.1, 0.15) is 17.4 Å². The number of aromatic nitrogens is 3. The SMILES string of the molecule is O=C(c1ocnc1C(F)(F)F)N1CCc2[nH]cnc2[C@@H]1c1oc2ccccc2c1C(F)F. The fraction of sp³-hybridized carbons (Fsp3) is 0.250. The average molecular weight is 452 g/mol. The number of hydrogen-bond donors (Lipinski definition) is 1. The Morgan fingerprint density at radius 3 is 2.75 bits per heavy atom. The molecule has 1 aliphatic heterocycles. The first-order valence-electron chi connectivity index (χ1n) is 9.40. The third kappa shape index (κ3) is 3.05. The number of imidazole rings is 1. The Balaban J connectivity index is 1.69. The summed E-state index contributed by atoms with van der Waals surface area (Å²) in [5.41, 5.74) is -1.02. The van der Waals surface area contributed by atoms with Gasteiger partial charge < -0.3 is 18.7 Å². The van der Waals surface area contributed by atoms with Crippen LogP contribution >= 0.6 is 0 Å². The Kier molecular flexibility index (Phi) is 4.53. The largest absolute Gasteiger partial charge is 0.458 e. The number of fused-ring (bicyclic) bond motifs is 2. The van der Waals surface area contributed by atoms with Crippen molar-refractivity contribution in [2.75, 3.05) is 6.54 Å². The van der Waals surface area contributed by atoms with Gasteiger partial charge >= 0.3 is 6.18 Å². The highest BCUT2D eigenvalue weighted by atomic mass is 19.4. The van der Waals surface area contributed by atoms with E-state index in [0.29, 0.717) is 12.1 Å². The minimum absolute atomic E-state index is 0.0869. The number of benzene rings is 1. The minimum Gasteiger partial charge on any atom is -0.458 e. The molecule has 1 N–H and O–H groups in total. The molecule has 1 aliphatic rings. The summed E-state index contributed by atoms with van der Waals surface area (Å²) in [4.78, 5) is 24.3. The zero-order valence-corrected chi connectivity index (χ0v) is 16.0. The number of alkyl halides is 5. The van der Waals surface area contributed by atoms with E-state index >= 15 is 0 Å². The van der Waals surface area contributed by atoms with Gasteiger partial charge in [0, 0.05) is 24.0 Å². The first-order valence-corrected chi connectivity index (χ1v) is 9.40. The Bertz CT molecular complexity index is 1310. The molecule has 4 aromatic rings. The van der Waals surface area contributed by atoms with Gasteiger partial charge in [-0.15, -0.1) is 0 Å². The Morgan fingerprint density at radius 1 is 1.22 bits per heavy atom. The van der Waals surface area contributed by atoms with Gasteiger partial charge in [-0.1, -0.05) is 18.2 Å². The molecule has 1 amide bonds. The quantitative estimate of drug-likeness (QED) is 0.448. The number of H-pyrrole nitrogens is 1. The van der Waals surface area contributed by atoms with Crippen LogP contribution in [0, 0.1) is 0 Å². The number of hydrogen-bond acceptors (Lipinski definition) is 5. The lowest BCUT2D eigenvalue weighted by atomic mass is 9.96. The molecule has 0 radical (unpaired) electrons. The standard InChI is InChI=1S/C20H13F5N4O3/c21-18(22)12-9-3-1-2-4-11(9)32-15(12)14-13-10(26-7-27-13)5-6-29(14)19(30)16-17(20(23,24)25)28-8-31-16/h1-4,7-8,14,18H,5-6H2,(H,26,27)/t14-/m1/s1. The van der Waals surface area contributed by atoms with Gasteiger partial charge in [-0.05, 0) is 6.07 Å². The van der Waals surface area contributed by atoms with E-state index in [2.05, 4.69) is 15.0 Å². The predicted molar refractivity (Wildman–Crippen MR) is 97.8 cm³/mol. The number of amides is 1. The van der Waals surface area contributed by atoms with Crippen LogP contribution in [-0.2, 0) is 12.6 Å². The number of oxazole rings is 1. The number of nitrogens with one attached hydrogen (secondary N) is 1. The van der Waals surface area contributed by atoms with Crippen molar-refractivity contribution in [3.63, 3.8) is 0 Å². The number of furan rings is 1. The molecule has 0 spiro atoms. The molecular weight excluding hydrogens is 439 g/mol. The molecule has 0 bridgehead atoms. The predicted octanol–water partition coefficient (Wildman–Crippen LogP) is 4.89. The summed E-state index contributed by atoms with van der Waals surface area (Å²) >= 11 is 0. The van der Waals surface area contributed by atoms with E-state index in [1.54, 1.807) is 12.1 Å². The molecule has 1 atom stereocenters. The molecule has 32 heavy (non-hydrogen) atoms. The van der Waals surface area contributed by atoms with Gasteiger partial charge in [-0.25, -0.2) is 18.7 Å². The number of halogens is 5. The normalized spacial score (nSPS) is 16.7. The first kappa shape index (κ1) is 20.2. The molecule has 0 saturated carbocycles. The Hall–Kier alpha value is -3.70. The first-order chi connectivity index (χ1) is 15.3. The third-order valence-electron chi connectivity index (χ3n) is 5.35. The van der Waals surface area contributed by atoms with Crippen LogP contribution < -0.4 is 0 Å². The molecule has 0 saturated heterocycles. The molecule has 7 nitrogen and oxygen atoms in total. The van der Waals surface area contributed by atoms with E-state index in [9.17, 15) is 26.7 Å². The number of para-hydroxylation sites is 1. The fourth-order valence-corrected chi connectivity index (χ4v) is 4.00. The van der Waals surface area contributed by atoms with Crippen molar-refractivity contribution >= 4 is 16.9 Å². The topological polar surface area (TPSA) is 88.2 Å². The monoisotopic (exact) mass is 452 g/mol. The van der Waals surface area contributed by atoms with Crippen LogP contribution in [0.1, 0.15) is 51.4 Å². The summed E-state index contributed by atoms with van der Waals surface area (Å²) in [7, 11) is 0. The van der Waals surface area contributed by atoms with Crippen molar-refractivity contribution in [3.8, 4) is 0 Å². The van der Waals surface area contributed by atoms with Crippen LogP contribution in [0.25, 0.3) is 11.0 Å². The second kappa shape index (κ2) is 7.18. The summed E-state index contributed by atoms with van der Waals surface area (Å²) in [5.74, 6) is -2.46. The lowest BCUT2D eigenvalue weighted by Gasteiger charge is -2.33. The van der Waals surface area contributed by atoms with Crippen LogP contribution in [0.4, 0.5) is 22.0 Å². The third-order valence-corrected chi connectivity index (χ3v) is 5.35. The molecular formula is C20H13F5N4O3. The van der Waals surface area contributed by atoms with Crippen molar-refractivity contribution in [1.82, 2.24) is 19.9 Å². The number of carbonyl (C=O) groups excluding carboxylic acids is 1. The minimum atomic E-state index is -4.94. The zero-order chi connectivity index (χ0) is 22.6. The van der Waals surface area contributed by atoms with Gasteiger partial charge in [0.25, 0.3) is 12.3 Å². The van der Waals surface area contributed by atoms with E-state index in [0.717, 1.165) is 4.90 Å². The van der Waals surface area contributed by atoms with Crippen LogP contribution in [0.5, 0.6) is 0 Å². The fourth-order valence-electron chi connectivity index (χ4n) is 4.00. The molecule has 4 heterocycles. The van der Waals surface area contributed by atoms with Crippen molar-refractivity contribution in [1.29, 1.82) is 0 Å². The van der Waals surface area contributed by atoms with E-state index in [1.165, 1.54) is 18.5 Å². The summed E-state index contributed by atoms with van der Waals surface area (Å²) in [5, 5.41) is 0.142. The molecule has 5 rings (SSSR count). The smallest absolute Gasteiger partial charge is 0.437 e. The van der Waals surface area contributed by atoms with Crippen molar-refractivity contribution in [2.45, 2.75) is 25.1 Å². The van der Waals surface area contributed by atoms with Crippen molar-refractivity contribution < 1.29 is 35.6 Å². The molecule has 3 aromatic heterocycles. The second-order valence-electron chi connectivity index (χ2n) is 7.12. The highest BCUT2D eigenvalue weighted by Crippen LogP contribution is 2.44. The summed E-state index contributed by atoms with van der Waals surface area (Å²) in [6.45, 7) is -0.0869. The number of rotatable bonds is 3. The van der Waals surface area contributed by atoms with Crippen LogP contribution in [0.2, 0.25) is 0 Å². The van der Waals surface area contributed by atoms with E-state index in [-0.39, 0.29) is 35.4 Å². The summed E-state index contributed by atoms with van der Waals surface area (Å²) in [6, 6.07) is 4.80. The van der Waals surface area contributed by atoms with Crippen molar-refractivity contribution in [2.24, 2.45) is 0 Å². The van der Waals surface area contributed by atoms with E-state index in [1.807, 2.05) is 0 Å². The second-order valence-corrected chi connectivity index (χ2v) is 7.12. The van der Waals surface area contributed by atoms with Gasteiger partial charge in [-0.2, -0.15) is 13.2 Å². The molecule has 166 valence electrons. The van der Waals surface area contributed by atoms with Crippen LogP contribution in [-0.4, -0.2) is 32.3 Å². The zero-order valence-electron chi connectivity index (χ0n) is 16.0. The van der Waals surface area contributed by atoms with Gasteiger partial charge in [0.05, 0.1) is 17.6 Å². The van der Waals surface area contributed by atoms with E-state index < -0.39 is 41.6 Å². The number of carbonyl (C=O) groups is 1. The maximum atomic E-state index is 14.1. The Labute approximate surface area is 175 Å². The van der Waals surface area contributed by atoms with Crippen LogP contribution in [0.15, 0.2) is 45.8 Å². The molecule has 0 aliphatic carbocycles. The number of aromatic amines is 1.